The Morgan fingerprint density at radius 2 is 1.00 bits per heavy atom. The average molecular weight is 997 g/mol. The predicted octanol–water partition coefficient (Wildman–Crippen LogP) is -0.330. The number of benzene rings is 2. The lowest BCUT2D eigenvalue weighted by Crippen LogP contribution is -2.68. The smallest absolute Gasteiger partial charge is 0.310 e. The molecule has 0 radical (unpaired) electrons. The van der Waals surface area contributed by atoms with E-state index in [0.29, 0.717) is 24.0 Å². The molecule has 2 aromatic rings. The van der Waals surface area contributed by atoms with Crippen molar-refractivity contribution in [2.75, 3.05) is 32.8 Å². The molecule has 4 unspecified atom stereocenters. The summed E-state index contributed by atoms with van der Waals surface area (Å²) in [5, 5.41) is 20.9. The van der Waals surface area contributed by atoms with Crippen LogP contribution in [0, 0.1) is 0 Å². The summed E-state index contributed by atoms with van der Waals surface area (Å²) in [4.78, 5) is 134. The van der Waals surface area contributed by atoms with Crippen LogP contribution >= 0.6 is 0 Å². The van der Waals surface area contributed by atoms with Crippen molar-refractivity contribution in [1.82, 2.24) is 40.9 Å². The minimum Gasteiger partial charge on any atom is -0.434 e. The van der Waals surface area contributed by atoms with Crippen molar-refractivity contribution in [3.05, 3.63) is 96.1 Å². The molecule has 8 rings (SSSR count). The molecule has 22 nitrogen and oxygen atoms in total. The summed E-state index contributed by atoms with van der Waals surface area (Å²) in [7, 11) is 0. The van der Waals surface area contributed by atoms with Crippen molar-refractivity contribution in [1.29, 1.82) is 0 Å². The van der Waals surface area contributed by atoms with Gasteiger partial charge in [-0.15, -0.1) is 0 Å². The molecule has 0 bridgehead atoms. The fourth-order valence-electron chi connectivity index (χ4n) is 9.54. The quantitative estimate of drug-likeness (QED) is 0.151. The Bertz CT molecular complexity index is 2450. The number of cyclic esters (lactones) is 2. The number of carbonyl (C=O) groups excluding carboxylic acids is 10. The summed E-state index contributed by atoms with van der Waals surface area (Å²) in [6.07, 6.45) is 6.13. The van der Waals surface area contributed by atoms with Gasteiger partial charge in [-0.05, 0) is 56.9 Å². The Balaban J connectivity index is 0.000000212. The lowest BCUT2D eigenvalue weighted by atomic mass is 9.96. The lowest BCUT2D eigenvalue weighted by molar-refractivity contribution is -0.165. The maximum absolute atomic E-state index is 13.8. The van der Waals surface area contributed by atoms with E-state index in [1.165, 1.54) is 28.5 Å². The second-order valence-electron chi connectivity index (χ2n) is 18.2. The largest absolute Gasteiger partial charge is 0.434 e. The lowest BCUT2D eigenvalue weighted by Gasteiger charge is -2.47. The number of hydrogen-bond donors (Lipinski definition) is 5. The van der Waals surface area contributed by atoms with Crippen LogP contribution in [0.4, 0.5) is 0 Å². The van der Waals surface area contributed by atoms with E-state index in [4.69, 9.17) is 9.47 Å². The van der Waals surface area contributed by atoms with E-state index in [1.807, 2.05) is 24.3 Å². The molecule has 384 valence electrons. The molecule has 72 heavy (non-hydrogen) atoms. The number of ether oxygens (including phenoxy) is 3. The molecule has 6 heterocycles. The van der Waals surface area contributed by atoms with Crippen molar-refractivity contribution < 1.29 is 67.3 Å². The van der Waals surface area contributed by atoms with Crippen LogP contribution in [0.5, 0.6) is 0 Å². The second-order valence-corrected chi connectivity index (χ2v) is 18.2. The maximum Gasteiger partial charge on any atom is 0.310 e. The highest BCUT2D eigenvalue weighted by molar-refractivity contribution is 6.00. The first kappa shape index (κ1) is 52.4. The van der Waals surface area contributed by atoms with Gasteiger partial charge in [0.15, 0.2) is 0 Å². The predicted molar refractivity (Wildman–Crippen MR) is 252 cm³/mol. The SMILES string of the molecule is CC(=O)N1C[C@@H]2C/C=C\C[C@H](NC(=O)c3ccccc3)C(=O)N2[C@H](C(=O)NC2CC(=O)OC2O)C1.CCOC1OC(=O)CC1NC(=O)[C@@H]1CN(C(C)=O)C[C@@H]2C/C=C\C[C@H](NC(=O)c3ccccc3)C(=O)N21. The van der Waals surface area contributed by atoms with Gasteiger partial charge in [0.2, 0.25) is 48.0 Å². The highest BCUT2D eigenvalue weighted by Gasteiger charge is 2.48. The minimum atomic E-state index is -1.49. The first-order valence-corrected chi connectivity index (χ1v) is 24.0. The van der Waals surface area contributed by atoms with E-state index in [0.717, 1.165) is 0 Å². The van der Waals surface area contributed by atoms with Crippen molar-refractivity contribution in [2.24, 2.45) is 0 Å². The van der Waals surface area contributed by atoms with Gasteiger partial charge in [0.1, 0.15) is 36.3 Å². The van der Waals surface area contributed by atoms with Crippen LogP contribution in [0.1, 0.15) is 80.0 Å². The zero-order valence-electron chi connectivity index (χ0n) is 40.2. The van der Waals surface area contributed by atoms with Gasteiger partial charge >= 0.3 is 11.9 Å². The summed E-state index contributed by atoms with van der Waals surface area (Å²) < 4.78 is 15.3. The monoisotopic (exact) mass is 996 g/mol. The molecule has 0 saturated carbocycles. The Kier molecular flexibility index (Phi) is 17.2. The fourth-order valence-corrected chi connectivity index (χ4v) is 9.54. The number of amides is 8. The van der Waals surface area contributed by atoms with Gasteiger partial charge in [-0.25, -0.2) is 0 Å². The third-order valence-corrected chi connectivity index (χ3v) is 13.2. The standard InChI is InChI=1S/C26H32N4O7.C24H28N4O7/c1-3-36-26-20(13-22(32)37-26)28-24(34)21-15-29(16(2)31)14-18-11-7-8-12-19(25(35)30(18)21)27-23(33)17-9-5-4-6-10-17;1-14(29)27-12-16-9-5-6-10-17(25-21(31)15-7-3-2-4-8-15)23(33)28(16)19(13-27)22(32)26-18-11-20(30)35-24(18)34/h4-10,18-21,26H,3,11-15H2,1-2H3,(H,27,33)(H,28,34);2-8,16-19,24,34H,9-13H2,1H3,(H,25,31)(H,26,32)/b8-7-;6-5-/t18-,19-,20?,21-,26?;16-,17-,18?,19-,24?/m00/s1. The molecule has 2 aromatic carbocycles. The molecular weight excluding hydrogens is 937 g/mol. The Labute approximate surface area is 415 Å². The summed E-state index contributed by atoms with van der Waals surface area (Å²) in [5.74, 6) is -4.38. The van der Waals surface area contributed by atoms with Crippen LogP contribution in [-0.2, 0) is 52.6 Å². The molecule has 5 N–H and O–H groups in total. The third kappa shape index (κ3) is 12.5. The van der Waals surface area contributed by atoms with E-state index < -0.39 is 108 Å². The van der Waals surface area contributed by atoms with Gasteiger partial charge in [0.05, 0.1) is 38.0 Å². The molecule has 10 atom stereocenters. The van der Waals surface area contributed by atoms with E-state index in [9.17, 15) is 53.1 Å². The zero-order chi connectivity index (χ0) is 51.6. The zero-order valence-corrected chi connectivity index (χ0v) is 40.2. The van der Waals surface area contributed by atoms with Crippen LogP contribution in [-0.4, -0.2) is 178 Å². The number of hydrogen-bond acceptors (Lipinski definition) is 14. The Morgan fingerprint density at radius 1 is 0.583 bits per heavy atom. The average Bonchev–Trinajstić information content (AvgIpc) is 3.88. The van der Waals surface area contributed by atoms with Crippen molar-refractivity contribution in [2.45, 2.75) is 120 Å². The highest BCUT2D eigenvalue weighted by Crippen LogP contribution is 2.27. The van der Waals surface area contributed by atoms with E-state index in [-0.39, 0.29) is 70.3 Å². The molecule has 0 aliphatic carbocycles. The summed E-state index contributed by atoms with van der Waals surface area (Å²) in [6, 6.07) is 10.5. The molecule has 0 spiro atoms. The van der Waals surface area contributed by atoms with Gasteiger partial charge < -0.3 is 60.2 Å². The van der Waals surface area contributed by atoms with Gasteiger partial charge in [0, 0.05) is 44.7 Å². The molecule has 22 heteroatoms. The number of carbonyl (C=O) groups is 10. The van der Waals surface area contributed by atoms with Crippen molar-refractivity contribution in [3.8, 4) is 0 Å². The molecule has 0 aromatic heterocycles. The first-order valence-electron chi connectivity index (χ1n) is 24.0. The summed E-state index contributed by atoms with van der Waals surface area (Å²) in [5.41, 5.74) is 0.819. The van der Waals surface area contributed by atoms with E-state index in [2.05, 4.69) is 26.0 Å². The van der Waals surface area contributed by atoms with Gasteiger partial charge in [-0.3, -0.25) is 47.9 Å². The van der Waals surface area contributed by atoms with Gasteiger partial charge in [-0.1, -0.05) is 60.7 Å². The van der Waals surface area contributed by atoms with Crippen LogP contribution in [0.3, 0.4) is 0 Å². The number of rotatable bonds is 10. The number of nitrogens with zero attached hydrogens (tertiary/aromatic N) is 4. The Morgan fingerprint density at radius 3 is 1.42 bits per heavy atom. The highest BCUT2D eigenvalue weighted by atomic mass is 16.7. The Hall–Kier alpha value is -7.46. The summed E-state index contributed by atoms with van der Waals surface area (Å²) >= 11 is 0. The van der Waals surface area contributed by atoms with Gasteiger partial charge in [-0.2, -0.15) is 0 Å². The second kappa shape index (κ2) is 23.6. The number of fused-ring (bicyclic) bond motifs is 2. The topological polar surface area (TPSA) is 280 Å². The van der Waals surface area contributed by atoms with Gasteiger partial charge in [0.25, 0.3) is 11.8 Å². The van der Waals surface area contributed by atoms with Crippen LogP contribution in [0.2, 0.25) is 0 Å². The first-order chi connectivity index (χ1) is 34.5. The normalized spacial score (nSPS) is 28.9. The van der Waals surface area contributed by atoms with E-state index >= 15 is 0 Å². The molecule has 6 aliphatic heterocycles. The van der Waals surface area contributed by atoms with Crippen LogP contribution in [0.25, 0.3) is 0 Å². The van der Waals surface area contributed by atoms with E-state index in [1.54, 1.807) is 72.5 Å². The summed E-state index contributed by atoms with van der Waals surface area (Å²) in [6.45, 7) is 5.29. The molecule has 8 amide bonds. The number of nitrogens with one attached hydrogen (secondary N) is 4. The maximum atomic E-state index is 13.8. The van der Waals surface area contributed by atoms with Crippen LogP contribution in [0.15, 0.2) is 85.0 Å². The molecule has 4 fully saturated rings. The fraction of sp³-hybridized carbons (Fsp3) is 0.480. The number of aliphatic hydroxyl groups is 1. The number of aliphatic hydroxyl groups excluding tert-OH is 1. The number of piperazine rings is 2. The molecular formula is C50H60N8O14. The molecule has 6 aliphatic rings. The molecule has 4 saturated heterocycles. The minimum absolute atomic E-state index is 0.00665. The number of esters is 2. The van der Waals surface area contributed by atoms with Crippen molar-refractivity contribution in [3.63, 3.8) is 0 Å². The van der Waals surface area contributed by atoms with Crippen LogP contribution < -0.4 is 21.3 Å². The van der Waals surface area contributed by atoms with Crippen molar-refractivity contribution >= 4 is 59.2 Å². The third-order valence-electron chi connectivity index (χ3n) is 13.2.